The molecule has 2 unspecified atom stereocenters. The van der Waals surface area contributed by atoms with Crippen molar-refractivity contribution in [1.29, 1.82) is 0 Å². The van der Waals surface area contributed by atoms with Gasteiger partial charge in [-0.1, -0.05) is 31.1 Å². The molecule has 0 aliphatic carbocycles. The number of rotatable bonds is 4. The van der Waals surface area contributed by atoms with E-state index in [0.717, 1.165) is 24.1 Å². The number of aromatic nitrogens is 2. The summed E-state index contributed by atoms with van der Waals surface area (Å²) >= 11 is 0. The molecule has 140 valence electrons. The second-order valence-electron chi connectivity index (χ2n) is 6.95. The van der Waals surface area contributed by atoms with E-state index in [9.17, 15) is 18.0 Å². The summed E-state index contributed by atoms with van der Waals surface area (Å²) in [5.41, 5.74) is 0.0810. The van der Waals surface area contributed by atoms with E-state index in [4.69, 9.17) is 4.52 Å². The summed E-state index contributed by atoms with van der Waals surface area (Å²) in [6.07, 6.45) is -2.97. The first kappa shape index (κ1) is 18.4. The van der Waals surface area contributed by atoms with Gasteiger partial charge >= 0.3 is 6.18 Å². The molecule has 1 amide bonds. The molecule has 5 nitrogen and oxygen atoms in total. The Hall–Kier alpha value is -2.38. The zero-order valence-corrected chi connectivity index (χ0v) is 14.5. The first-order chi connectivity index (χ1) is 12.3. The fourth-order valence-corrected chi connectivity index (χ4v) is 3.23. The van der Waals surface area contributed by atoms with Gasteiger partial charge < -0.3 is 9.42 Å². The van der Waals surface area contributed by atoms with Crippen LogP contribution in [0.1, 0.15) is 60.9 Å². The van der Waals surface area contributed by atoms with Crippen LogP contribution in [0.3, 0.4) is 0 Å². The molecule has 0 saturated carbocycles. The maximum Gasteiger partial charge on any atom is 0.416 e. The van der Waals surface area contributed by atoms with Crippen LogP contribution in [0, 0.1) is 0 Å². The van der Waals surface area contributed by atoms with Crippen molar-refractivity contribution in [3.05, 3.63) is 47.1 Å². The maximum absolute atomic E-state index is 12.7. The second kappa shape index (κ2) is 7.09. The highest BCUT2D eigenvalue weighted by atomic mass is 19.4. The summed E-state index contributed by atoms with van der Waals surface area (Å²) < 4.78 is 43.6. The van der Waals surface area contributed by atoms with E-state index in [-0.39, 0.29) is 17.8 Å². The number of carbonyl (C=O) groups excluding carboxylic acids is 1. The number of nitrogens with zero attached hydrogens (tertiary/aromatic N) is 3. The lowest BCUT2D eigenvalue weighted by atomic mass is 9.84. The van der Waals surface area contributed by atoms with Crippen LogP contribution in [0.4, 0.5) is 13.2 Å². The third kappa shape index (κ3) is 3.89. The third-order valence-corrected chi connectivity index (χ3v) is 4.66. The van der Waals surface area contributed by atoms with E-state index in [2.05, 4.69) is 10.1 Å². The molecular weight excluding hydrogens is 347 g/mol. The quantitative estimate of drug-likeness (QED) is 0.768. The van der Waals surface area contributed by atoms with Crippen LogP contribution >= 0.6 is 0 Å². The summed E-state index contributed by atoms with van der Waals surface area (Å²) in [6, 6.07) is 5.11. The number of piperidine rings is 1. The van der Waals surface area contributed by atoms with Gasteiger partial charge in [-0.3, -0.25) is 4.79 Å². The largest absolute Gasteiger partial charge is 0.416 e. The highest BCUT2D eigenvalue weighted by Gasteiger charge is 2.34. The first-order valence-electron chi connectivity index (χ1n) is 8.48. The lowest BCUT2D eigenvalue weighted by Crippen LogP contribution is -2.37. The van der Waals surface area contributed by atoms with Gasteiger partial charge in [0.2, 0.25) is 12.3 Å². The van der Waals surface area contributed by atoms with E-state index >= 15 is 0 Å². The van der Waals surface area contributed by atoms with Crippen LogP contribution in [-0.2, 0) is 11.0 Å². The van der Waals surface area contributed by atoms with E-state index in [1.54, 1.807) is 4.90 Å². The van der Waals surface area contributed by atoms with Gasteiger partial charge in [0.25, 0.3) is 0 Å². The highest BCUT2D eigenvalue weighted by Crippen LogP contribution is 2.36. The minimum atomic E-state index is -4.36. The molecule has 8 heteroatoms. The number of hydrogen-bond acceptors (Lipinski definition) is 4. The number of halogens is 3. The SMILES string of the molecule is CC(C)c1noc(C2CC(c3ccc(C(F)(F)F)cc3)CN(C=O)C2)n1. The van der Waals surface area contributed by atoms with Gasteiger partial charge in [-0.15, -0.1) is 0 Å². The van der Waals surface area contributed by atoms with Gasteiger partial charge in [-0.05, 0) is 24.1 Å². The maximum atomic E-state index is 12.7. The zero-order valence-electron chi connectivity index (χ0n) is 14.5. The molecule has 2 heterocycles. The van der Waals surface area contributed by atoms with Crippen molar-refractivity contribution < 1.29 is 22.5 Å². The van der Waals surface area contributed by atoms with Crippen LogP contribution in [0.2, 0.25) is 0 Å². The summed E-state index contributed by atoms with van der Waals surface area (Å²) in [5.74, 6) is 0.979. The summed E-state index contributed by atoms with van der Waals surface area (Å²) in [5, 5.41) is 3.96. The number of hydrogen-bond donors (Lipinski definition) is 0. The van der Waals surface area contributed by atoms with Crippen molar-refractivity contribution >= 4 is 6.41 Å². The third-order valence-electron chi connectivity index (χ3n) is 4.66. The van der Waals surface area contributed by atoms with E-state index in [1.165, 1.54) is 12.1 Å². The predicted octanol–water partition coefficient (Wildman–Crippen LogP) is 3.94. The molecule has 1 aromatic carbocycles. The fourth-order valence-electron chi connectivity index (χ4n) is 3.23. The molecule has 1 aliphatic heterocycles. The fraction of sp³-hybridized carbons (Fsp3) is 0.500. The molecule has 2 aromatic rings. The van der Waals surface area contributed by atoms with Gasteiger partial charge in [-0.2, -0.15) is 18.2 Å². The van der Waals surface area contributed by atoms with Crippen molar-refractivity contribution in [3.8, 4) is 0 Å². The average molecular weight is 367 g/mol. The molecule has 3 rings (SSSR count). The standard InChI is InChI=1S/C18H20F3N3O2/c1-11(2)16-22-17(26-23-16)14-7-13(8-24(9-14)10-25)12-3-5-15(6-4-12)18(19,20)21/h3-6,10-11,13-14H,7-9H2,1-2H3. The average Bonchev–Trinajstić information content (AvgIpc) is 3.11. The molecule has 0 radical (unpaired) electrons. The van der Waals surface area contributed by atoms with E-state index in [0.29, 0.717) is 31.2 Å². The number of carbonyl (C=O) groups is 1. The van der Waals surface area contributed by atoms with Gasteiger partial charge in [-0.25, -0.2) is 0 Å². The summed E-state index contributed by atoms with van der Waals surface area (Å²) in [6.45, 7) is 4.83. The van der Waals surface area contributed by atoms with Crippen LogP contribution in [0.5, 0.6) is 0 Å². The Kier molecular flexibility index (Phi) is 5.02. The van der Waals surface area contributed by atoms with Crippen molar-refractivity contribution in [2.45, 2.75) is 44.2 Å². The molecule has 2 atom stereocenters. The molecule has 1 aliphatic rings. The highest BCUT2D eigenvalue weighted by molar-refractivity contribution is 5.48. The normalized spacial score (nSPS) is 21.2. The lowest BCUT2D eigenvalue weighted by Gasteiger charge is -2.34. The van der Waals surface area contributed by atoms with Crippen LogP contribution < -0.4 is 0 Å². The van der Waals surface area contributed by atoms with Gasteiger partial charge in [0.15, 0.2) is 5.82 Å². The van der Waals surface area contributed by atoms with Gasteiger partial charge in [0.05, 0.1) is 11.5 Å². The van der Waals surface area contributed by atoms with Crippen molar-refractivity contribution in [2.75, 3.05) is 13.1 Å². The summed E-state index contributed by atoms with van der Waals surface area (Å²) in [4.78, 5) is 17.3. The lowest BCUT2D eigenvalue weighted by molar-refractivity contribution is -0.137. The Bertz CT molecular complexity index is 756. The predicted molar refractivity (Wildman–Crippen MR) is 87.6 cm³/mol. The van der Waals surface area contributed by atoms with Crippen LogP contribution in [0.15, 0.2) is 28.8 Å². The monoisotopic (exact) mass is 367 g/mol. The molecule has 1 aromatic heterocycles. The molecule has 1 fully saturated rings. The molecule has 1 saturated heterocycles. The topological polar surface area (TPSA) is 59.2 Å². The van der Waals surface area contributed by atoms with Crippen molar-refractivity contribution in [2.24, 2.45) is 0 Å². The van der Waals surface area contributed by atoms with Crippen molar-refractivity contribution in [1.82, 2.24) is 15.0 Å². The van der Waals surface area contributed by atoms with Crippen LogP contribution in [0.25, 0.3) is 0 Å². The van der Waals surface area contributed by atoms with Crippen LogP contribution in [-0.4, -0.2) is 34.5 Å². The smallest absolute Gasteiger partial charge is 0.344 e. The zero-order chi connectivity index (χ0) is 18.9. The van der Waals surface area contributed by atoms with Gasteiger partial charge in [0, 0.05) is 24.9 Å². The molecule has 0 spiro atoms. The van der Waals surface area contributed by atoms with E-state index < -0.39 is 11.7 Å². The Labute approximate surface area is 149 Å². The Morgan fingerprint density at radius 1 is 1.19 bits per heavy atom. The molecule has 0 bridgehead atoms. The molecule has 0 N–H and O–H groups in total. The molecule has 26 heavy (non-hydrogen) atoms. The number of likely N-dealkylation sites (tertiary alicyclic amines) is 1. The summed E-state index contributed by atoms with van der Waals surface area (Å²) in [7, 11) is 0. The van der Waals surface area contributed by atoms with Gasteiger partial charge in [0.1, 0.15) is 0 Å². The number of benzene rings is 1. The minimum absolute atomic E-state index is 0.0874. The first-order valence-corrected chi connectivity index (χ1v) is 8.48. The molecular formula is C18H20F3N3O2. The Morgan fingerprint density at radius 2 is 1.85 bits per heavy atom. The minimum Gasteiger partial charge on any atom is -0.344 e. The Morgan fingerprint density at radius 3 is 2.38 bits per heavy atom. The van der Waals surface area contributed by atoms with E-state index in [1.807, 2.05) is 13.8 Å². The number of alkyl halides is 3. The second-order valence-corrected chi connectivity index (χ2v) is 6.95. The van der Waals surface area contributed by atoms with Crippen molar-refractivity contribution in [3.63, 3.8) is 0 Å². The Balaban J connectivity index is 1.81. The number of amides is 1.